The molecule has 0 unspecified atom stereocenters. The van der Waals surface area contributed by atoms with Crippen LogP contribution in [0.2, 0.25) is 0 Å². The third-order valence-electron chi connectivity index (χ3n) is 4.82. The molecule has 0 saturated heterocycles. The summed E-state index contributed by atoms with van der Waals surface area (Å²) in [5.74, 6) is 0.0833. The number of fused-ring (bicyclic) bond motifs is 2. The molecule has 2 amide bonds. The zero-order chi connectivity index (χ0) is 16.7. The monoisotopic (exact) mass is 340 g/mol. The fourth-order valence-corrected chi connectivity index (χ4v) is 4.90. The maximum Gasteiger partial charge on any atom is 0.264 e. The zero-order valence-corrected chi connectivity index (χ0v) is 14.5. The Morgan fingerprint density at radius 3 is 2.83 bits per heavy atom. The topological polar surface area (TPSA) is 49.4 Å². The van der Waals surface area contributed by atoms with Crippen LogP contribution in [0.5, 0.6) is 0 Å². The number of anilines is 1. The van der Waals surface area contributed by atoms with Gasteiger partial charge < -0.3 is 10.2 Å². The molecule has 0 atom stereocenters. The van der Waals surface area contributed by atoms with Gasteiger partial charge in [-0.15, -0.1) is 11.3 Å². The van der Waals surface area contributed by atoms with Crippen molar-refractivity contribution in [1.82, 2.24) is 4.90 Å². The van der Waals surface area contributed by atoms with Gasteiger partial charge in [-0.25, -0.2) is 0 Å². The molecule has 0 fully saturated rings. The molecule has 5 heteroatoms. The van der Waals surface area contributed by atoms with Gasteiger partial charge in [0.15, 0.2) is 0 Å². The second-order valence-corrected chi connectivity index (χ2v) is 7.65. The highest BCUT2D eigenvalue weighted by atomic mass is 32.1. The van der Waals surface area contributed by atoms with Crippen molar-refractivity contribution in [3.05, 3.63) is 50.7 Å². The minimum atomic E-state index is -0.0602. The standard InChI is InChI=1S/C19H20N2O2S/c1-12(22)20-16-6-2-5-14-11-21(9-8-15(14)16)19(23)18-10-13-4-3-7-17(13)24-18/h2,5-6,10H,3-4,7-9,11H2,1H3,(H,20,22). The van der Waals surface area contributed by atoms with Crippen molar-refractivity contribution in [2.24, 2.45) is 0 Å². The van der Waals surface area contributed by atoms with Crippen molar-refractivity contribution >= 4 is 28.8 Å². The molecule has 2 aliphatic rings. The van der Waals surface area contributed by atoms with E-state index in [1.54, 1.807) is 11.3 Å². The first-order valence-electron chi connectivity index (χ1n) is 8.41. The lowest BCUT2D eigenvalue weighted by Gasteiger charge is -2.30. The predicted octanol–water partition coefficient (Wildman–Crippen LogP) is 3.39. The second-order valence-electron chi connectivity index (χ2n) is 6.51. The van der Waals surface area contributed by atoms with Gasteiger partial charge in [0.2, 0.25) is 5.91 Å². The molecule has 4 rings (SSSR count). The molecule has 1 aliphatic heterocycles. The number of benzene rings is 1. The van der Waals surface area contributed by atoms with E-state index in [0.717, 1.165) is 41.0 Å². The first-order chi connectivity index (χ1) is 11.6. The van der Waals surface area contributed by atoms with Crippen molar-refractivity contribution < 1.29 is 9.59 Å². The molecule has 0 bridgehead atoms. The Bertz CT molecular complexity index is 803. The SMILES string of the molecule is CC(=O)Nc1cccc2c1CCN(C(=O)c1cc3c(s1)CCC3)C2. The molecule has 0 saturated carbocycles. The number of carbonyl (C=O) groups is 2. The van der Waals surface area contributed by atoms with Crippen molar-refractivity contribution in [3.63, 3.8) is 0 Å². The quantitative estimate of drug-likeness (QED) is 0.911. The number of thiophene rings is 1. The highest BCUT2D eigenvalue weighted by Crippen LogP contribution is 2.33. The number of nitrogens with zero attached hydrogens (tertiary/aromatic N) is 1. The number of aryl methyl sites for hydroxylation is 2. The fraction of sp³-hybridized carbons (Fsp3) is 0.368. The minimum absolute atomic E-state index is 0.0602. The first kappa shape index (κ1) is 15.4. The number of carbonyl (C=O) groups excluding carboxylic acids is 2. The molecule has 0 radical (unpaired) electrons. The largest absolute Gasteiger partial charge is 0.333 e. The summed E-state index contributed by atoms with van der Waals surface area (Å²) in [5.41, 5.74) is 4.53. The average Bonchev–Trinajstić information content (AvgIpc) is 3.15. The van der Waals surface area contributed by atoms with Gasteiger partial charge in [0.1, 0.15) is 0 Å². The highest BCUT2D eigenvalue weighted by molar-refractivity contribution is 7.14. The Kier molecular flexibility index (Phi) is 3.88. The molecule has 1 aliphatic carbocycles. The molecular formula is C19H20N2O2S. The van der Waals surface area contributed by atoms with Crippen LogP contribution in [0.25, 0.3) is 0 Å². The van der Waals surface area contributed by atoms with E-state index in [1.807, 2.05) is 17.0 Å². The van der Waals surface area contributed by atoms with Gasteiger partial charge in [-0.1, -0.05) is 12.1 Å². The summed E-state index contributed by atoms with van der Waals surface area (Å²) in [4.78, 5) is 28.4. The molecule has 1 N–H and O–H groups in total. The van der Waals surface area contributed by atoms with E-state index in [-0.39, 0.29) is 11.8 Å². The van der Waals surface area contributed by atoms with Gasteiger partial charge in [0.25, 0.3) is 5.91 Å². The Balaban J connectivity index is 1.55. The zero-order valence-electron chi connectivity index (χ0n) is 13.7. The summed E-state index contributed by atoms with van der Waals surface area (Å²) < 4.78 is 0. The van der Waals surface area contributed by atoms with Crippen molar-refractivity contribution in [2.75, 3.05) is 11.9 Å². The third-order valence-corrected chi connectivity index (χ3v) is 6.05. The molecule has 1 aromatic carbocycles. The van der Waals surface area contributed by atoms with Crippen LogP contribution in [-0.4, -0.2) is 23.3 Å². The Hall–Kier alpha value is -2.14. The lowest BCUT2D eigenvalue weighted by molar-refractivity contribution is -0.114. The van der Waals surface area contributed by atoms with E-state index in [0.29, 0.717) is 13.1 Å². The van der Waals surface area contributed by atoms with Crippen LogP contribution in [0.4, 0.5) is 5.69 Å². The van der Waals surface area contributed by atoms with Gasteiger partial charge >= 0.3 is 0 Å². The predicted molar refractivity (Wildman–Crippen MR) is 95.5 cm³/mol. The molecule has 4 nitrogen and oxygen atoms in total. The summed E-state index contributed by atoms with van der Waals surface area (Å²) in [6.07, 6.45) is 4.24. The summed E-state index contributed by atoms with van der Waals surface area (Å²) in [6, 6.07) is 8.02. The van der Waals surface area contributed by atoms with Crippen molar-refractivity contribution in [3.8, 4) is 0 Å². The first-order valence-corrected chi connectivity index (χ1v) is 9.22. The third kappa shape index (κ3) is 2.73. The Morgan fingerprint density at radius 2 is 2.04 bits per heavy atom. The average molecular weight is 340 g/mol. The van der Waals surface area contributed by atoms with Crippen LogP contribution < -0.4 is 5.32 Å². The highest BCUT2D eigenvalue weighted by Gasteiger charge is 2.26. The van der Waals surface area contributed by atoms with Gasteiger partial charge in [-0.05, 0) is 54.5 Å². The van der Waals surface area contributed by atoms with E-state index < -0.39 is 0 Å². The number of amides is 2. The van der Waals surface area contributed by atoms with Crippen molar-refractivity contribution in [1.29, 1.82) is 0 Å². The second kappa shape index (κ2) is 6.06. The number of hydrogen-bond acceptors (Lipinski definition) is 3. The maximum atomic E-state index is 12.8. The Morgan fingerprint density at radius 1 is 1.17 bits per heavy atom. The van der Waals surface area contributed by atoms with Gasteiger partial charge in [0, 0.05) is 30.6 Å². The minimum Gasteiger partial charge on any atom is -0.333 e. The number of nitrogens with one attached hydrogen (secondary N) is 1. The van der Waals surface area contributed by atoms with Crippen LogP contribution in [0, 0.1) is 0 Å². The van der Waals surface area contributed by atoms with Crippen LogP contribution in [0.15, 0.2) is 24.3 Å². The molecule has 2 heterocycles. The molecule has 24 heavy (non-hydrogen) atoms. The summed E-state index contributed by atoms with van der Waals surface area (Å²) in [5, 5.41) is 2.89. The molecule has 124 valence electrons. The van der Waals surface area contributed by atoms with Crippen LogP contribution in [0.1, 0.15) is 44.6 Å². The summed E-state index contributed by atoms with van der Waals surface area (Å²) in [7, 11) is 0. The normalized spacial score (nSPS) is 15.8. The Labute approximate surface area is 145 Å². The number of rotatable bonds is 2. The smallest absolute Gasteiger partial charge is 0.264 e. The van der Waals surface area contributed by atoms with E-state index in [2.05, 4.69) is 17.4 Å². The van der Waals surface area contributed by atoms with E-state index in [4.69, 9.17) is 0 Å². The maximum absolute atomic E-state index is 12.8. The lowest BCUT2D eigenvalue weighted by Crippen LogP contribution is -2.36. The van der Waals surface area contributed by atoms with Crippen molar-refractivity contribution in [2.45, 2.75) is 39.2 Å². The molecule has 1 aromatic heterocycles. The molecule has 0 spiro atoms. The lowest BCUT2D eigenvalue weighted by atomic mass is 9.97. The van der Waals surface area contributed by atoms with E-state index >= 15 is 0 Å². The fourth-order valence-electron chi connectivity index (χ4n) is 3.68. The van der Waals surface area contributed by atoms with E-state index in [1.165, 1.54) is 23.8 Å². The number of hydrogen-bond donors (Lipinski definition) is 1. The summed E-state index contributed by atoms with van der Waals surface area (Å²) >= 11 is 1.67. The molecule has 2 aromatic rings. The summed E-state index contributed by atoms with van der Waals surface area (Å²) in [6.45, 7) is 2.84. The molecular weight excluding hydrogens is 320 g/mol. The van der Waals surface area contributed by atoms with Crippen LogP contribution in [0.3, 0.4) is 0 Å². The van der Waals surface area contributed by atoms with Gasteiger partial charge in [0.05, 0.1) is 4.88 Å². The van der Waals surface area contributed by atoms with Crippen LogP contribution in [-0.2, 0) is 30.6 Å². The van der Waals surface area contributed by atoms with Gasteiger partial charge in [-0.2, -0.15) is 0 Å². The van der Waals surface area contributed by atoms with Crippen LogP contribution >= 0.6 is 11.3 Å². The van der Waals surface area contributed by atoms with E-state index in [9.17, 15) is 9.59 Å². The van der Waals surface area contributed by atoms with Gasteiger partial charge in [-0.3, -0.25) is 9.59 Å².